The van der Waals surface area contributed by atoms with Crippen LogP contribution in [0.5, 0.6) is 0 Å². The number of fused-ring (bicyclic) bond motifs is 7. The summed E-state index contributed by atoms with van der Waals surface area (Å²) in [6.45, 7) is 6.77. The molecule has 3 heterocycles. The molecule has 0 saturated carbocycles. The maximum Gasteiger partial charge on any atom is 0.145 e. The second kappa shape index (κ2) is 11.1. The zero-order valence-corrected chi connectivity index (χ0v) is 28.8. The second-order valence-corrected chi connectivity index (χ2v) is 14.4. The number of hydrogen-bond acceptors (Lipinski definition) is 2. The molecule has 244 valence electrons. The van der Waals surface area contributed by atoms with Crippen LogP contribution in [0, 0.1) is 0 Å². The predicted octanol–water partition coefficient (Wildman–Crippen LogP) is 12.7. The van der Waals surface area contributed by atoms with E-state index < -0.39 is 0 Å². The molecular formula is C47H35N3O. The molecule has 0 aliphatic rings. The van der Waals surface area contributed by atoms with Gasteiger partial charge in [-0.15, -0.1) is 0 Å². The molecule has 3 aromatic heterocycles. The summed E-state index contributed by atoms with van der Waals surface area (Å²) in [5, 5.41) is 4.71. The Labute approximate surface area is 295 Å². The fraction of sp³-hybridized carbons (Fsp3) is 0.0851. The van der Waals surface area contributed by atoms with E-state index in [1.165, 1.54) is 21.9 Å². The third kappa shape index (κ3) is 4.56. The van der Waals surface area contributed by atoms with E-state index in [0.717, 1.165) is 72.4 Å². The largest absolute Gasteiger partial charge is 0.455 e. The average Bonchev–Trinajstić information content (AvgIpc) is 3.84. The Balaban J connectivity index is 1.12. The first-order chi connectivity index (χ1) is 24.9. The third-order valence-corrected chi connectivity index (χ3v) is 10.3. The molecular weight excluding hydrogens is 623 g/mol. The van der Waals surface area contributed by atoms with E-state index in [-0.39, 0.29) is 5.41 Å². The normalized spacial score (nSPS) is 12.2. The molecule has 0 unspecified atom stereocenters. The molecule has 10 aromatic rings. The Hall–Kier alpha value is -6.39. The molecule has 0 N–H and O–H groups in total. The van der Waals surface area contributed by atoms with Gasteiger partial charge in [0.1, 0.15) is 17.0 Å². The summed E-state index contributed by atoms with van der Waals surface area (Å²) in [5.74, 6) is 0.936. The SMILES string of the molecule is CC(C)(C)c1cccc2c1nc(-c1ccc(-n3c4ccccc4c4cc(-c5cccc6c5oc5ccccc56)ccc43)cc1)n2-c1ccccc1. The van der Waals surface area contributed by atoms with Gasteiger partial charge in [-0.3, -0.25) is 4.57 Å². The van der Waals surface area contributed by atoms with Crippen molar-refractivity contribution in [2.75, 3.05) is 0 Å². The first-order valence-electron chi connectivity index (χ1n) is 17.6. The van der Waals surface area contributed by atoms with E-state index in [9.17, 15) is 0 Å². The number of imidazole rings is 1. The Bertz CT molecular complexity index is 2930. The molecule has 4 heteroatoms. The Morgan fingerprint density at radius 2 is 1.14 bits per heavy atom. The van der Waals surface area contributed by atoms with Gasteiger partial charge in [0.25, 0.3) is 0 Å². The van der Waals surface area contributed by atoms with Gasteiger partial charge in [-0.05, 0) is 83.3 Å². The highest BCUT2D eigenvalue weighted by Crippen LogP contribution is 2.40. The van der Waals surface area contributed by atoms with Crippen LogP contribution in [0.3, 0.4) is 0 Å². The van der Waals surface area contributed by atoms with Gasteiger partial charge in [-0.2, -0.15) is 0 Å². The monoisotopic (exact) mass is 657 g/mol. The van der Waals surface area contributed by atoms with Gasteiger partial charge < -0.3 is 8.98 Å². The van der Waals surface area contributed by atoms with Crippen molar-refractivity contribution in [3.05, 3.63) is 163 Å². The molecule has 4 nitrogen and oxygen atoms in total. The fourth-order valence-electron chi connectivity index (χ4n) is 7.89. The van der Waals surface area contributed by atoms with Crippen LogP contribution >= 0.6 is 0 Å². The van der Waals surface area contributed by atoms with Crippen LogP contribution < -0.4 is 0 Å². The van der Waals surface area contributed by atoms with Crippen LogP contribution in [0.25, 0.3) is 88.7 Å². The van der Waals surface area contributed by atoms with Crippen LogP contribution in [0.4, 0.5) is 0 Å². The number of nitrogens with zero attached hydrogens (tertiary/aromatic N) is 3. The molecule has 0 atom stereocenters. The van der Waals surface area contributed by atoms with E-state index in [2.05, 4.69) is 175 Å². The zero-order valence-electron chi connectivity index (χ0n) is 28.8. The Morgan fingerprint density at radius 1 is 0.490 bits per heavy atom. The molecule has 0 fully saturated rings. The van der Waals surface area contributed by atoms with Gasteiger partial charge in [-0.25, -0.2) is 4.98 Å². The summed E-state index contributed by atoms with van der Waals surface area (Å²) in [5.41, 5.74) is 13.1. The van der Waals surface area contributed by atoms with Crippen molar-refractivity contribution < 1.29 is 4.42 Å². The lowest BCUT2D eigenvalue weighted by Crippen LogP contribution is -2.11. The van der Waals surface area contributed by atoms with Crippen molar-refractivity contribution in [1.82, 2.24) is 14.1 Å². The number of benzene rings is 7. The highest BCUT2D eigenvalue weighted by atomic mass is 16.3. The summed E-state index contributed by atoms with van der Waals surface area (Å²) in [6, 6.07) is 56.2. The molecule has 0 aliphatic heterocycles. The van der Waals surface area contributed by atoms with Gasteiger partial charge in [0.2, 0.25) is 0 Å². The summed E-state index contributed by atoms with van der Waals surface area (Å²) in [4.78, 5) is 5.34. The highest BCUT2D eigenvalue weighted by molar-refractivity contribution is 6.13. The van der Waals surface area contributed by atoms with Crippen molar-refractivity contribution in [1.29, 1.82) is 0 Å². The lowest BCUT2D eigenvalue weighted by atomic mass is 9.86. The molecule has 0 bridgehead atoms. The number of aromatic nitrogens is 3. The van der Waals surface area contributed by atoms with Crippen molar-refractivity contribution in [3.8, 4) is 33.9 Å². The molecule has 10 rings (SSSR count). The lowest BCUT2D eigenvalue weighted by molar-refractivity contribution is 0.595. The van der Waals surface area contributed by atoms with Crippen LogP contribution in [0.1, 0.15) is 26.3 Å². The van der Waals surface area contributed by atoms with Crippen LogP contribution in [0.2, 0.25) is 0 Å². The zero-order chi connectivity index (χ0) is 34.3. The van der Waals surface area contributed by atoms with E-state index >= 15 is 0 Å². The van der Waals surface area contributed by atoms with Crippen molar-refractivity contribution >= 4 is 54.8 Å². The number of hydrogen-bond donors (Lipinski definition) is 0. The predicted molar refractivity (Wildman–Crippen MR) is 212 cm³/mol. The highest BCUT2D eigenvalue weighted by Gasteiger charge is 2.23. The Kier molecular flexibility index (Phi) is 6.40. The van der Waals surface area contributed by atoms with E-state index in [1.54, 1.807) is 0 Å². The van der Waals surface area contributed by atoms with E-state index in [1.807, 2.05) is 12.1 Å². The summed E-state index contributed by atoms with van der Waals surface area (Å²) in [7, 11) is 0. The van der Waals surface area contributed by atoms with Crippen molar-refractivity contribution in [3.63, 3.8) is 0 Å². The van der Waals surface area contributed by atoms with Crippen LogP contribution in [0.15, 0.2) is 162 Å². The van der Waals surface area contributed by atoms with Gasteiger partial charge in [0.15, 0.2) is 0 Å². The summed E-state index contributed by atoms with van der Waals surface area (Å²) >= 11 is 0. The van der Waals surface area contributed by atoms with Crippen molar-refractivity contribution in [2.45, 2.75) is 26.2 Å². The fourth-order valence-corrected chi connectivity index (χ4v) is 7.89. The van der Waals surface area contributed by atoms with Gasteiger partial charge >= 0.3 is 0 Å². The van der Waals surface area contributed by atoms with Crippen LogP contribution in [-0.4, -0.2) is 14.1 Å². The molecule has 0 aliphatic carbocycles. The average molecular weight is 658 g/mol. The number of furan rings is 1. The Morgan fingerprint density at radius 3 is 1.96 bits per heavy atom. The maximum atomic E-state index is 6.43. The van der Waals surface area contributed by atoms with Gasteiger partial charge in [-0.1, -0.05) is 112 Å². The smallest absolute Gasteiger partial charge is 0.145 e. The minimum Gasteiger partial charge on any atom is -0.455 e. The molecule has 0 saturated heterocycles. The van der Waals surface area contributed by atoms with Gasteiger partial charge in [0, 0.05) is 44.0 Å². The second-order valence-electron chi connectivity index (χ2n) is 14.4. The minimum atomic E-state index is -0.0362. The number of para-hydroxylation sites is 5. The minimum absolute atomic E-state index is 0.0362. The first kappa shape index (κ1) is 29.5. The standard InChI is InChI=1S/C47H35N3O/c1-47(2,3)39-19-12-21-42-44(39)48-46(50(42)32-13-5-4-6-14-32)30-23-26-33(27-24-30)49-40-20-9-7-15-35(40)38-29-31(25-28-41(38)49)34-17-11-18-37-36-16-8-10-22-43(36)51-45(34)37/h4-29H,1-3H3. The van der Waals surface area contributed by atoms with E-state index in [0.29, 0.717) is 0 Å². The molecule has 51 heavy (non-hydrogen) atoms. The molecule has 0 radical (unpaired) electrons. The molecule has 0 amide bonds. The summed E-state index contributed by atoms with van der Waals surface area (Å²) < 4.78 is 11.1. The summed E-state index contributed by atoms with van der Waals surface area (Å²) in [6.07, 6.45) is 0. The molecule has 7 aromatic carbocycles. The molecule has 0 spiro atoms. The third-order valence-electron chi connectivity index (χ3n) is 10.3. The van der Waals surface area contributed by atoms with Gasteiger partial charge in [0.05, 0.1) is 22.1 Å². The first-order valence-corrected chi connectivity index (χ1v) is 17.6. The maximum absolute atomic E-state index is 6.43. The van der Waals surface area contributed by atoms with Crippen LogP contribution in [-0.2, 0) is 5.41 Å². The quantitative estimate of drug-likeness (QED) is 0.189. The lowest BCUT2D eigenvalue weighted by Gasteiger charge is -2.19. The topological polar surface area (TPSA) is 35.9 Å². The van der Waals surface area contributed by atoms with E-state index in [4.69, 9.17) is 9.40 Å². The van der Waals surface area contributed by atoms with Crippen molar-refractivity contribution in [2.24, 2.45) is 0 Å². The number of rotatable bonds is 4.